The lowest BCUT2D eigenvalue weighted by Crippen LogP contribution is -2.27. The van der Waals surface area contributed by atoms with Gasteiger partial charge in [-0.3, -0.25) is 9.59 Å². The van der Waals surface area contributed by atoms with Crippen molar-refractivity contribution in [1.82, 2.24) is 19.5 Å². The molecule has 6 nitrogen and oxygen atoms in total. The smallest absolute Gasteiger partial charge is 0.276 e. The third-order valence-electron chi connectivity index (χ3n) is 5.48. The zero-order valence-corrected chi connectivity index (χ0v) is 18.5. The third-order valence-corrected chi connectivity index (χ3v) is 5.83. The largest absolute Gasteiger partial charge is 0.352 e. The molecule has 32 heavy (non-hydrogen) atoms. The van der Waals surface area contributed by atoms with Crippen LogP contribution < -0.4 is 10.9 Å². The van der Waals surface area contributed by atoms with E-state index in [0.717, 1.165) is 16.8 Å². The molecule has 0 aliphatic rings. The Morgan fingerprint density at radius 3 is 2.66 bits per heavy atom. The Hall–Kier alpha value is -3.45. The van der Waals surface area contributed by atoms with Crippen LogP contribution in [-0.4, -0.2) is 20.1 Å². The van der Waals surface area contributed by atoms with Crippen LogP contribution in [0.5, 0.6) is 0 Å². The highest BCUT2D eigenvalue weighted by Crippen LogP contribution is 2.21. The maximum Gasteiger partial charge on any atom is 0.276 e. The molecule has 1 amide bonds. The molecule has 2 aromatic heterocycles. The van der Waals surface area contributed by atoms with Crippen LogP contribution in [0.4, 0.5) is 4.39 Å². The van der Waals surface area contributed by atoms with Gasteiger partial charge in [0.15, 0.2) is 0 Å². The maximum absolute atomic E-state index is 13.1. The summed E-state index contributed by atoms with van der Waals surface area (Å²) in [5.74, 6) is -0.665. The van der Waals surface area contributed by atoms with Crippen molar-refractivity contribution in [2.24, 2.45) is 0 Å². The number of benzene rings is 2. The van der Waals surface area contributed by atoms with Crippen molar-refractivity contribution in [1.29, 1.82) is 0 Å². The van der Waals surface area contributed by atoms with E-state index in [9.17, 15) is 14.0 Å². The van der Waals surface area contributed by atoms with Crippen LogP contribution in [0.15, 0.2) is 59.7 Å². The summed E-state index contributed by atoms with van der Waals surface area (Å²) >= 11 is 5.98. The predicted molar refractivity (Wildman–Crippen MR) is 122 cm³/mol. The van der Waals surface area contributed by atoms with Gasteiger partial charge in [-0.1, -0.05) is 29.8 Å². The zero-order chi connectivity index (χ0) is 22.8. The SMILES string of the molecule is Cc1ccc(-c2cc3c(=O)n(CCC(=O)NCc4ccc(F)cc4Cl)ccn3n2)cc1C. The molecule has 0 radical (unpaired) electrons. The van der Waals surface area contributed by atoms with Crippen LogP contribution in [0.25, 0.3) is 16.8 Å². The molecule has 0 fully saturated rings. The van der Waals surface area contributed by atoms with Gasteiger partial charge in [-0.2, -0.15) is 5.10 Å². The topological polar surface area (TPSA) is 68.4 Å². The summed E-state index contributed by atoms with van der Waals surface area (Å²) in [4.78, 5) is 25.1. The van der Waals surface area contributed by atoms with Gasteiger partial charge >= 0.3 is 0 Å². The van der Waals surface area contributed by atoms with E-state index >= 15 is 0 Å². The molecular weight excluding hydrogens is 431 g/mol. The number of nitrogens with one attached hydrogen (secondary N) is 1. The van der Waals surface area contributed by atoms with Gasteiger partial charge in [-0.15, -0.1) is 0 Å². The number of rotatable bonds is 6. The van der Waals surface area contributed by atoms with Gasteiger partial charge in [0.25, 0.3) is 5.56 Å². The van der Waals surface area contributed by atoms with Gasteiger partial charge in [-0.05, 0) is 54.8 Å². The number of fused-ring (bicyclic) bond motifs is 1. The predicted octanol–water partition coefficient (Wildman–Crippen LogP) is 4.28. The Labute approximate surface area is 189 Å². The maximum atomic E-state index is 13.1. The van der Waals surface area contributed by atoms with Crippen LogP contribution in [0, 0.1) is 19.7 Å². The summed E-state index contributed by atoms with van der Waals surface area (Å²) in [6, 6.07) is 11.9. The number of hydrogen-bond acceptors (Lipinski definition) is 3. The zero-order valence-electron chi connectivity index (χ0n) is 17.7. The fourth-order valence-electron chi connectivity index (χ4n) is 3.41. The van der Waals surface area contributed by atoms with Crippen LogP contribution in [0.2, 0.25) is 5.02 Å². The van der Waals surface area contributed by atoms with Crippen molar-refractivity contribution in [3.05, 3.63) is 92.7 Å². The fraction of sp³-hybridized carbons (Fsp3) is 0.208. The number of halogens is 2. The summed E-state index contributed by atoms with van der Waals surface area (Å²) in [5, 5.41) is 7.51. The first kappa shape index (κ1) is 21.8. The van der Waals surface area contributed by atoms with E-state index < -0.39 is 5.82 Å². The lowest BCUT2D eigenvalue weighted by Gasteiger charge is -2.08. The third kappa shape index (κ3) is 4.57. The summed E-state index contributed by atoms with van der Waals surface area (Å²) in [6.07, 6.45) is 3.45. The molecule has 0 aliphatic heterocycles. The van der Waals surface area contributed by atoms with Crippen LogP contribution >= 0.6 is 11.6 Å². The lowest BCUT2D eigenvalue weighted by molar-refractivity contribution is -0.121. The number of nitrogens with zero attached hydrogens (tertiary/aromatic N) is 3. The van der Waals surface area contributed by atoms with E-state index in [2.05, 4.69) is 10.4 Å². The molecule has 4 aromatic rings. The van der Waals surface area contributed by atoms with E-state index in [1.165, 1.54) is 28.3 Å². The second-order valence-electron chi connectivity index (χ2n) is 7.72. The quantitative estimate of drug-likeness (QED) is 0.475. The average Bonchev–Trinajstić information content (AvgIpc) is 3.20. The highest BCUT2D eigenvalue weighted by Gasteiger charge is 2.11. The summed E-state index contributed by atoms with van der Waals surface area (Å²) in [7, 11) is 0. The Morgan fingerprint density at radius 1 is 1.09 bits per heavy atom. The van der Waals surface area contributed by atoms with Gasteiger partial charge in [-0.25, -0.2) is 8.91 Å². The van der Waals surface area contributed by atoms with Crippen LogP contribution in [-0.2, 0) is 17.9 Å². The highest BCUT2D eigenvalue weighted by atomic mass is 35.5. The Bertz CT molecular complexity index is 1380. The minimum Gasteiger partial charge on any atom is -0.352 e. The molecule has 0 saturated heterocycles. The molecule has 2 aromatic carbocycles. The second-order valence-corrected chi connectivity index (χ2v) is 8.12. The molecule has 2 heterocycles. The number of carbonyl (C=O) groups is 1. The molecule has 0 unspecified atom stereocenters. The van der Waals surface area contributed by atoms with E-state index in [-0.39, 0.29) is 36.0 Å². The minimum atomic E-state index is -0.430. The van der Waals surface area contributed by atoms with Gasteiger partial charge in [0.1, 0.15) is 11.3 Å². The number of carbonyl (C=O) groups excluding carboxylic acids is 1. The van der Waals surface area contributed by atoms with Crippen molar-refractivity contribution in [3.8, 4) is 11.3 Å². The van der Waals surface area contributed by atoms with Gasteiger partial charge in [0.05, 0.1) is 5.69 Å². The summed E-state index contributed by atoms with van der Waals surface area (Å²) in [6.45, 7) is 4.50. The van der Waals surface area contributed by atoms with Crippen molar-refractivity contribution < 1.29 is 9.18 Å². The molecule has 0 spiro atoms. The molecule has 1 N–H and O–H groups in total. The number of hydrogen-bond donors (Lipinski definition) is 1. The molecular formula is C24H22ClFN4O2. The Kier molecular flexibility index (Phi) is 6.10. The van der Waals surface area contributed by atoms with Gasteiger partial charge < -0.3 is 9.88 Å². The van der Waals surface area contributed by atoms with E-state index in [1.54, 1.807) is 23.0 Å². The number of aromatic nitrogens is 3. The minimum absolute atomic E-state index is 0.118. The standard InChI is InChI=1S/C24H22ClFN4O2/c1-15-3-4-17(11-16(15)2)21-13-22-24(32)29(9-10-30(22)28-21)8-7-23(31)27-14-18-5-6-19(26)12-20(18)25/h3-6,9-13H,7-8,14H2,1-2H3,(H,27,31). The van der Waals surface area contributed by atoms with Crippen LogP contribution in [0.1, 0.15) is 23.1 Å². The number of amides is 1. The Balaban J connectivity index is 1.45. The molecule has 0 atom stereocenters. The second kappa shape index (κ2) is 8.96. The first-order valence-electron chi connectivity index (χ1n) is 10.2. The fourth-order valence-corrected chi connectivity index (χ4v) is 3.65. The van der Waals surface area contributed by atoms with Crippen molar-refractivity contribution in [3.63, 3.8) is 0 Å². The first-order chi connectivity index (χ1) is 15.3. The highest BCUT2D eigenvalue weighted by molar-refractivity contribution is 6.31. The Morgan fingerprint density at radius 2 is 1.91 bits per heavy atom. The molecule has 8 heteroatoms. The van der Waals surface area contributed by atoms with E-state index in [1.807, 2.05) is 32.0 Å². The molecule has 4 rings (SSSR count). The molecule has 0 aliphatic carbocycles. The van der Waals surface area contributed by atoms with Crippen molar-refractivity contribution in [2.45, 2.75) is 33.4 Å². The van der Waals surface area contributed by atoms with Crippen molar-refractivity contribution >= 4 is 23.0 Å². The lowest BCUT2D eigenvalue weighted by atomic mass is 10.0. The van der Waals surface area contributed by atoms with Gasteiger partial charge in [0, 0.05) is 42.5 Å². The summed E-state index contributed by atoms with van der Waals surface area (Å²) in [5.41, 5.74) is 4.87. The van der Waals surface area contributed by atoms with Crippen molar-refractivity contribution in [2.75, 3.05) is 0 Å². The van der Waals surface area contributed by atoms with E-state index in [4.69, 9.17) is 11.6 Å². The molecule has 0 bridgehead atoms. The molecule has 0 saturated carbocycles. The monoisotopic (exact) mass is 452 g/mol. The summed E-state index contributed by atoms with van der Waals surface area (Å²) < 4.78 is 16.2. The van der Waals surface area contributed by atoms with Crippen LogP contribution in [0.3, 0.4) is 0 Å². The normalized spacial score (nSPS) is 11.1. The average molecular weight is 453 g/mol. The van der Waals surface area contributed by atoms with Gasteiger partial charge in [0.2, 0.25) is 5.91 Å². The number of aryl methyl sites for hydroxylation is 3. The molecule has 164 valence electrons. The van der Waals surface area contributed by atoms with E-state index in [0.29, 0.717) is 11.1 Å². The first-order valence-corrected chi connectivity index (χ1v) is 10.6.